The molecule has 0 aromatic carbocycles. The van der Waals surface area contributed by atoms with E-state index in [0.29, 0.717) is 19.1 Å². The number of nitrogens with zero attached hydrogens (tertiary/aromatic N) is 4. The molecule has 0 saturated carbocycles. The lowest BCUT2D eigenvalue weighted by molar-refractivity contribution is -0.130. The molecule has 1 aromatic heterocycles. The van der Waals surface area contributed by atoms with E-state index in [1.54, 1.807) is 17.3 Å². The number of amides is 2. The van der Waals surface area contributed by atoms with Crippen molar-refractivity contribution in [3.05, 3.63) is 30.1 Å². The Labute approximate surface area is 154 Å². The van der Waals surface area contributed by atoms with Crippen LogP contribution in [0.15, 0.2) is 24.5 Å². The van der Waals surface area contributed by atoms with E-state index in [0.717, 1.165) is 57.7 Å². The molecule has 2 saturated heterocycles. The van der Waals surface area contributed by atoms with E-state index in [9.17, 15) is 9.59 Å². The van der Waals surface area contributed by atoms with Gasteiger partial charge in [-0.15, -0.1) is 0 Å². The molecule has 0 bridgehead atoms. The zero-order chi connectivity index (χ0) is 18.4. The zero-order valence-electron chi connectivity index (χ0n) is 15.5. The third kappa shape index (κ3) is 4.72. The highest BCUT2D eigenvalue weighted by molar-refractivity contribution is 5.78. The molecule has 142 valence electrons. The molecule has 3 heterocycles. The molecule has 2 aliphatic heterocycles. The molecule has 1 atom stereocenters. The molecule has 1 unspecified atom stereocenters. The van der Waals surface area contributed by atoms with Crippen LogP contribution in [0.5, 0.6) is 0 Å². The second-order valence-corrected chi connectivity index (χ2v) is 6.90. The molecule has 7 nitrogen and oxygen atoms in total. The fourth-order valence-corrected chi connectivity index (χ4v) is 3.76. The van der Waals surface area contributed by atoms with Gasteiger partial charge in [-0.1, -0.05) is 6.07 Å². The molecule has 2 aliphatic rings. The third-order valence-electron chi connectivity index (χ3n) is 5.17. The summed E-state index contributed by atoms with van der Waals surface area (Å²) >= 11 is 0. The van der Waals surface area contributed by atoms with Gasteiger partial charge in [-0.05, 0) is 31.4 Å². The molecule has 3 rings (SSSR count). The maximum Gasteiger partial charge on any atom is 0.409 e. The summed E-state index contributed by atoms with van der Waals surface area (Å²) in [5.74, 6) is 0.166. The van der Waals surface area contributed by atoms with Crippen molar-refractivity contribution in [2.45, 2.75) is 32.2 Å². The number of ether oxygens (including phenoxy) is 1. The van der Waals surface area contributed by atoms with E-state index in [4.69, 9.17) is 4.74 Å². The van der Waals surface area contributed by atoms with Gasteiger partial charge in [0, 0.05) is 57.7 Å². The molecule has 0 radical (unpaired) electrons. The first-order valence-electron chi connectivity index (χ1n) is 9.49. The number of carbonyl (C=O) groups excluding carboxylic acids is 2. The maximum atomic E-state index is 12.6. The lowest BCUT2D eigenvalue weighted by Gasteiger charge is -2.27. The Morgan fingerprint density at radius 2 is 2.08 bits per heavy atom. The normalized spacial score (nSPS) is 21.5. The standard InChI is InChI=1S/C19H28N4O3/c1-2-26-19(25)23-10-6-17(15-23)21-8-4-9-22(12-11-21)18(24)13-16-5-3-7-20-14-16/h3,5,7,14,17H,2,4,6,8-13,15H2,1H3. The average Bonchev–Trinajstić information content (AvgIpc) is 3.01. The molecule has 0 N–H and O–H groups in total. The Kier molecular flexibility index (Phi) is 6.44. The van der Waals surface area contributed by atoms with Gasteiger partial charge < -0.3 is 14.5 Å². The summed E-state index contributed by atoms with van der Waals surface area (Å²) in [6.07, 6.45) is 5.62. The summed E-state index contributed by atoms with van der Waals surface area (Å²) in [5, 5.41) is 0. The van der Waals surface area contributed by atoms with Crippen LogP contribution in [-0.2, 0) is 16.0 Å². The minimum absolute atomic E-state index is 0.166. The minimum atomic E-state index is -0.210. The van der Waals surface area contributed by atoms with Crippen LogP contribution in [0, 0.1) is 0 Å². The summed E-state index contributed by atoms with van der Waals surface area (Å²) < 4.78 is 5.10. The molecule has 2 amide bonds. The molecule has 0 aliphatic carbocycles. The number of pyridine rings is 1. The van der Waals surface area contributed by atoms with E-state index in [1.165, 1.54) is 0 Å². The van der Waals surface area contributed by atoms with Crippen molar-refractivity contribution in [3.63, 3.8) is 0 Å². The Balaban J connectivity index is 1.49. The quantitative estimate of drug-likeness (QED) is 0.812. The highest BCUT2D eigenvalue weighted by Crippen LogP contribution is 2.18. The Morgan fingerprint density at radius 1 is 1.19 bits per heavy atom. The van der Waals surface area contributed by atoms with Crippen molar-refractivity contribution in [2.24, 2.45) is 0 Å². The van der Waals surface area contributed by atoms with Gasteiger partial charge >= 0.3 is 6.09 Å². The average molecular weight is 360 g/mol. The van der Waals surface area contributed by atoms with Crippen molar-refractivity contribution in [2.75, 3.05) is 45.9 Å². The van der Waals surface area contributed by atoms with E-state index in [-0.39, 0.29) is 12.0 Å². The monoisotopic (exact) mass is 360 g/mol. The molecule has 2 fully saturated rings. The zero-order valence-corrected chi connectivity index (χ0v) is 15.5. The number of aromatic nitrogens is 1. The predicted octanol–water partition coefficient (Wildman–Crippen LogP) is 1.39. The number of rotatable bonds is 4. The van der Waals surface area contributed by atoms with Gasteiger partial charge in [-0.25, -0.2) is 4.79 Å². The van der Waals surface area contributed by atoms with Crippen molar-refractivity contribution < 1.29 is 14.3 Å². The third-order valence-corrected chi connectivity index (χ3v) is 5.17. The van der Waals surface area contributed by atoms with E-state index >= 15 is 0 Å². The van der Waals surface area contributed by atoms with Crippen LogP contribution in [0.25, 0.3) is 0 Å². The fourth-order valence-electron chi connectivity index (χ4n) is 3.76. The van der Waals surface area contributed by atoms with Gasteiger partial charge in [0.2, 0.25) is 5.91 Å². The number of carbonyl (C=O) groups is 2. The van der Waals surface area contributed by atoms with Gasteiger partial charge in [0.25, 0.3) is 0 Å². The molecular formula is C19H28N4O3. The van der Waals surface area contributed by atoms with Crippen LogP contribution in [0.2, 0.25) is 0 Å². The first-order valence-corrected chi connectivity index (χ1v) is 9.49. The SMILES string of the molecule is CCOC(=O)N1CCC(N2CCCN(C(=O)Cc3cccnc3)CC2)C1. The topological polar surface area (TPSA) is 66.0 Å². The van der Waals surface area contributed by atoms with Crippen LogP contribution >= 0.6 is 0 Å². The van der Waals surface area contributed by atoms with Gasteiger partial charge in [0.15, 0.2) is 0 Å². The van der Waals surface area contributed by atoms with Crippen molar-refractivity contribution >= 4 is 12.0 Å². The van der Waals surface area contributed by atoms with Crippen molar-refractivity contribution in [3.8, 4) is 0 Å². The lowest BCUT2D eigenvalue weighted by atomic mass is 10.2. The van der Waals surface area contributed by atoms with E-state index in [2.05, 4.69) is 9.88 Å². The van der Waals surface area contributed by atoms with Crippen LogP contribution < -0.4 is 0 Å². The molecule has 26 heavy (non-hydrogen) atoms. The second kappa shape index (κ2) is 8.98. The predicted molar refractivity (Wildman–Crippen MR) is 97.7 cm³/mol. The minimum Gasteiger partial charge on any atom is -0.450 e. The van der Waals surface area contributed by atoms with Gasteiger partial charge in [-0.2, -0.15) is 0 Å². The largest absolute Gasteiger partial charge is 0.450 e. The van der Waals surface area contributed by atoms with Crippen LogP contribution in [0.1, 0.15) is 25.3 Å². The summed E-state index contributed by atoms with van der Waals surface area (Å²) in [6, 6.07) is 4.17. The van der Waals surface area contributed by atoms with Gasteiger partial charge in [-0.3, -0.25) is 14.7 Å². The highest BCUT2D eigenvalue weighted by atomic mass is 16.6. The number of likely N-dealkylation sites (tertiary alicyclic amines) is 1. The number of hydrogen-bond acceptors (Lipinski definition) is 5. The Bertz CT molecular complexity index is 610. The highest BCUT2D eigenvalue weighted by Gasteiger charge is 2.32. The summed E-state index contributed by atoms with van der Waals surface area (Å²) in [7, 11) is 0. The van der Waals surface area contributed by atoms with Crippen molar-refractivity contribution in [1.82, 2.24) is 19.7 Å². The first-order chi connectivity index (χ1) is 12.7. The molecular weight excluding hydrogens is 332 g/mol. The van der Waals surface area contributed by atoms with Gasteiger partial charge in [0.05, 0.1) is 13.0 Å². The Morgan fingerprint density at radius 3 is 2.85 bits per heavy atom. The van der Waals surface area contributed by atoms with Crippen LogP contribution in [-0.4, -0.2) is 83.6 Å². The maximum absolute atomic E-state index is 12.6. The lowest BCUT2D eigenvalue weighted by Crippen LogP contribution is -2.42. The molecule has 0 spiro atoms. The van der Waals surface area contributed by atoms with E-state index in [1.807, 2.05) is 24.0 Å². The first kappa shape index (κ1) is 18.6. The summed E-state index contributed by atoms with van der Waals surface area (Å²) in [6.45, 7) is 7.10. The van der Waals surface area contributed by atoms with Gasteiger partial charge in [0.1, 0.15) is 0 Å². The number of hydrogen-bond donors (Lipinski definition) is 0. The van der Waals surface area contributed by atoms with E-state index < -0.39 is 0 Å². The molecule has 1 aromatic rings. The van der Waals surface area contributed by atoms with Crippen molar-refractivity contribution in [1.29, 1.82) is 0 Å². The Hall–Kier alpha value is -2.15. The fraction of sp³-hybridized carbons (Fsp3) is 0.632. The summed E-state index contributed by atoms with van der Waals surface area (Å²) in [4.78, 5) is 34.7. The summed E-state index contributed by atoms with van der Waals surface area (Å²) in [5.41, 5.74) is 0.958. The van der Waals surface area contributed by atoms with Crippen LogP contribution in [0.3, 0.4) is 0 Å². The smallest absolute Gasteiger partial charge is 0.409 e. The van der Waals surface area contributed by atoms with Crippen LogP contribution in [0.4, 0.5) is 4.79 Å². The molecule has 7 heteroatoms. The second-order valence-electron chi connectivity index (χ2n) is 6.90.